The second kappa shape index (κ2) is 3.67. The first kappa shape index (κ1) is 8.46. The molecule has 0 heterocycles. The first-order valence-electron chi connectivity index (χ1n) is 3.14. The fourth-order valence-corrected chi connectivity index (χ4v) is 1.52. The van der Waals surface area contributed by atoms with Crippen molar-refractivity contribution in [1.29, 1.82) is 0 Å². The number of rotatable bonds is 2. The van der Waals surface area contributed by atoms with E-state index in [0.717, 1.165) is 15.4 Å². The molecular weight excluding hydrogens is 251 g/mol. The zero-order chi connectivity index (χ0) is 8.27. The molecule has 11 heavy (non-hydrogen) atoms. The Balaban J connectivity index is 3.13. The lowest BCUT2D eigenvalue weighted by Crippen LogP contribution is -1.86. The topological polar surface area (TPSA) is 17.1 Å². The maximum Gasteiger partial charge on any atom is 0.150 e. The van der Waals surface area contributed by atoms with Crippen molar-refractivity contribution in [3.63, 3.8) is 0 Å². The van der Waals surface area contributed by atoms with E-state index in [0.29, 0.717) is 5.57 Å². The number of benzene rings is 1. The van der Waals surface area contributed by atoms with Crippen molar-refractivity contribution in [3.05, 3.63) is 40.0 Å². The molecule has 0 bridgehead atoms. The highest BCUT2D eigenvalue weighted by molar-refractivity contribution is 14.1. The number of allylic oxidation sites excluding steroid dienone is 1. The van der Waals surface area contributed by atoms with Crippen LogP contribution >= 0.6 is 22.6 Å². The molecule has 0 fully saturated rings. The summed E-state index contributed by atoms with van der Waals surface area (Å²) >= 11 is 2.18. The van der Waals surface area contributed by atoms with Gasteiger partial charge in [-0.2, -0.15) is 0 Å². The first-order valence-corrected chi connectivity index (χ1v) is 4.22. The van der Waals surface area contributed by atoms with Crippen LogP contribution < -0.4 is 0 Å². The number of carbonyl (C=O) groups is 1. The standard InChI is InChI=1S/C9H7IO/c1-7(6-11)8-4-2-3-5-9(8)10/h2-6H,1H2. The highest BCUT2D eigenvalue weighted by atomic mass is 127. The molecule has 0 amide bonds. The summed E-state index contributed by atoms with van der Waals surface area (Å²) in [6, 6.07) is 7.67. The minimum atomic E-state index is 0.537. The van der Waals surface area contributed by atoms with Gasteiger partial charge in [0.1, 0.15) is 6.29 Å². The lowest BCUT2D eigenvalue weighted by atomic mass is 10.1. The maximum absolute atomic E-state index is 10.4. The summed E-state index contributed by atoms with van der Waals surface area (Å²) in [5.41, 5.74) is 1.46. The second-order valence-electron chi connectivity index (χ2n) is 2.12. The molecule has 0 aliphatic heterocycles. The summed E-state index contributed by atoms with van der Waals surface area (Å²) in [5, 5.41) is 0. The molecule has 0 unspecified atom stereocenters. The molecular formula is C9H7IO. The van der Waals surface area contributed by atoms with E-state index in [2.05, 4.69) is 29.2 Å². The Bertz CT molecular complexity index is 291. The molecule has 1 aromatic rings. The number of carbonyl (C=O) groups excluding carboxylic acids is 1. The van der Waals surface area contributed by atoms with Crippen LogP contribution in [0.4, 0.5) is 0 Å². The van der Waals surface area contributed by atoms with Gasteiger partial charge in [-0.05, 0) is 34.2 Å². The SMILES string of the molecule is C=C(C=O)c1ccccc1I. The van der Waals surface area contributed by atoms with Gasteiger partial charge in [0.25, 0.3) is 0 Å². The smallest absolute Gasteiger partial charge is 0.150 e. The molecule has 1 nitrogen and oxygen atoms in total. The molecule has 0 atom stereocenters. The van der Waals surface area contributed by atoms with Crippen LogP contribution in [0.15, 0.2) is 30.8 Å². The highest BCUT2D eigenvalue weighted by Crippen LogP contribution is 2.17. The van der Waals surface area contributed by atoms with E-state index in [4.69, 9.17) is 0 Å². The average molecular weight is 258 g/mol. The van der Waals surface area contributed by atoms with Gasteiger partial charge in [-0.15, -0.1) is 0 Å². The summed E-state index contributed by atoms with van der Waals surface area (Å²) in [4.78, 5) is 10.4. The fraction of sp³-hybridized carbons (Fsp3) is 0. The number of hydrogen-bond donors (Lipinski definition) is 0. The van der Waals surface area contributed by atoms with Crippen LogP contribution in [-0.4, -0.2) is 6.29 Å². The number of hydrogen-bond acceptors (Lipinski definition) is 1. The van der Waals surface area contributed by atoms with Crippen molar-refractivity contribution >= 4 is 34.5 Å². The number of aldehydes is 1. The second-order valence-corrected chi connectivity index (χ2v) is 3.29. The summed E-state index contributed by atoms with van der Waals surface area (Å²) < 4.78 is 1.06. The van der Waals surface area contributed by atoms with Crippen molar-refractivity contribution in [2.45, 2.75) is 0 Å². The summed E-state index contributed by atoms with van der Waals surface area (Å²) in [6.45, 7) is 3.63. The van der Waals surface area contributed by atoms with E-state index >= 15 is 0 Å². The van der Waals surface area contributed by atoms with E-state index in [9.17, 15) is 4.79 Å². The molecule has 0 aromatic heterocycles. The van der Waals surface area contributed by atoms with Crippen molar-refractivity contribution in [1.82, 2.24) is 0 Å². The Labute approximate surface area is 79.3 Å². The highest BCUT2D eigenvalue weighted by Gasteiger charge is 1.99. The third kappa shape index (κ3) is 1.89. The summed E-state index contributed by atoms with van der Waals surface area (Å²) in [5.74, 6) is 0. The third-order valence-electron chi connectivity index (χ3n) is 1.36. The van der Waals surface area contributed by atoms with Gasteiger partial charge in [0, 0.05) is 9.14 Å². The molecule has 0 radical (unpaired) electrons. The maximum atomic E-state index is 10.4. The Morgan fingerprint density at radius 2 is 2.09 bits per heavy atom. The number of halogens is 1. The molecule has 1 rings (SSSR count). The quantitative estimate of drug-likeness (QED) is 0.452. The molecule has 0 aliphatic rings. The Hall–Kier alpha value is -0.640. The molecule has 0 aliphatic carbocycles. The molecule has 0 saturated heterocycles. The molecule has 2 heteroatoms. The Kier molecular flexibility index (Phi) is 2.82. The van der Waals surface area contributed by atoms with Crippen LogP contribution in [0.25, 0.3) is 5.57 Å². The summed E-state index contributed by atoms with van der Waals surface area (Å²) in [6.07, 6.45) is 0.775. The van der Waals surface area contributed by atoms with Gasteiger partial charge in [0.15, 0.2) is 0 Å². The van der Waals surface area contributed by atoms with Crippen LogP contribution in [0.5, 0.6) is 0 Å². The van der Waals surface area contributed by atoms with Gasteiger partial charge in [-0.3, -0.25) is 4.79 Å². The van der Waals surface area contributed by atoms with Crippen LogP contribution in [0.3, 0.4) is 0 Å². The van der Waals surface area contributed by atoms with Crippen LogP contribution in [-0.2, 0) is 4.79 Å². The van der Waals surface area contributed by atoms with E-state index in [1.54, 1.807) is 0 Å². The zero-order valence-corrected chi connectivity index (χ0v) is 8.04. The predicted octanol–water partition coefficient (Wildman–Crippen LogP) is 2.50. The van der Waals surface area contributed by atoms with Crippen LogP contribution in [0.1, 0.15) is 5.56 Å². The zero-order valence-electron chi connectivity index (χ0n) is 5.88. The lowest BCUT2D eigenvalue weighted by Gasteiger charge is -1.99. The molecule has 1 aromatic carbocycles. The van der Waals surface area contributed by atoms with Gasteiger partial charge < -0.3 is 0 Å². The van der Waals surface area contributed by atoms with Gasteiger partial charge in [0.05, 0.1) is 0 Å². The largest absolute Gasteiger partial charge is 0.298 e. The molecule has 0 saturated carbocycles. The molecule has 56 valence electrons. The van der Waals surface area contributed by atoms with Crippen molar-refractivity contribution in [3.8, 4) is 0 Å². The monoisotopic (exact) mass is 258 g/mol. The predicted molar refractivity (Wildman–Crippen MR) is 54.3 cm³/mol. The van der Waals surface area contributed by atoms with Gasteiger partial charge >= 0.3 is 0 Å². The van der Waals surface area contributed by atoms with Gasteiger partial charge in [-0.25, -0.2) is 0 Å². The van der Waals surface area contributed by atoms with E-state index in [1.807, 2.05) is 24.3 Å². The van der Waals surface area contributed by atoms with E-state index < -0.39 is 0 Å². The van der Waals surface area contributed by atoms with Crippen LogP contribution in [0, 0.1) is 3.57 Å². The van der Waals surface area contributed by atoms with Crippen molar-refractivity contribution in [2.24, 2.45) is 0 Å². The van der Waals surface area contributed by atoms with Crippen molar-refractivity contribution in [2.75, 3.05) is 0 Å². The first-order chi connectivity index (χ1) is 5.25. The van der Waals surface area contributed by atoms with Crippen LogP contribution in [0.2, 0.25) is 0 Å². The minimum Gasteiger partial charge on any atom is -0.298 e. The normalized spacial score (nSPS) is 9.18. The minimum absolute atomic E-state index is 0.537. The fourth-order valence-electron chi connectivity index (χ4n) is 0.785. The van der Waals surface area contributed by atoms with E-state index in [-0.39, 0.29) is 0 Å². The Morgan fingerprint density at radius 1 is 1.45 bits per heavy atom. The van der Waals surface area contributed by atoms with Crippen molar-refractivity contribution < 1.29 is 4.79 Å². The third-order valence-corrected chi connectivity index (χ3v) is 2.30. The van der Waals surface area contributed by atoms with Gasteiger partial charge in [-0.1, -0.05) is 24.8 Å². The van der Waals surface area contributed by atoms with Gasteiger partial charge in [0.2, 0.25) is 0 Å². The summed E-state index contributed by atoms with van der Waals surface area (Å²) in [7, 11) is 0. The van der Waals surface area contributed by atoms with E-state index in [1.165, 1.54) is 0 Å². The molecule has 0 spiro atoms. The average Bonchev–Trinajstić information content (AvgIpc) is 2.04. The Morgan fingerprint density at radius 3 is 2.64 bits per heavy atom. The molecule has 0 N–H and O–H groups in total. The lowest BCUT2D eigenvalue weighted by molar-refractivity contribution is -0.103.